The van der Waals surface area contributed by atoms with Crippen molar-refractivity contribution >= 4 is 15.9 Å². The third kappa shape index (κ3) is 4.47. The number of halogens is 4. The fourth-order valence-electron chi connectivity index (χ4n) is 1.94. The molecular weight excluding hydrogens is 347 g/mol. The van der Waals surface area contributed by atoms with Gasteiger partial charge in [0.2, 0.25) is 0 Å². The molecule has 112 valence electrons. The highest BCUT2D eigenvalue weighted by Gasteiger charge is 2.12. The number of nitrogens with two attached hydrogens (primary N) is 1. The van der Waals surface area contributed by atoms with E-state index in [1.165, 1.54) is 18.2 Å². The SMILES string of the molecule is NC(Cc1ccc(Br)cc1F)c1ccc(OC(F)F)cc1. The van der Waals surface area contributed by atoms with Gasteiger partial charge in [0.25, 0.3) is 0 Å². The van der Waals surface area contributed by atoms with Crippen molar-refractivity contribution in [3.63, 3.8) is 0 Å². The molecule has 1 unspecified atom stereocenters. The quantitative estimate of drug-likeness (QED) is 0.856. The van der Waals surface area contributed by atoms with Crippen molar-refractivity contribution < 1.29 is 17.9 Å². The first-order valence-electron chi connectivity index (χ1n) is 6.20. The van der Waals surface area contributed by atoms with Crippen LogP contribution >= 0.6 is 15.9 Å². The molecule has 6 heteroatoms. The van der Waals surface area contributed by atoms with Gasteiger partial charge in [-0.3, -0.25) is 0 Å². The van der Waals surface area contributed by atoms with E-state index in [9.17, 15) is 13.2 Å². The van der Waals surface area contributed by atoms with Gasteiger partial charge in [0, 0.05) is 10.5 Å². The Morgan fingerprint density at radius 2 is 1.76 bits per heavy atom. The van der Waals surface area contributed by atoms with Gasteiger partial charge in [-0.15, -0.1) is 0 Å². The van der Waals surface area contributed by atoms with Crippen LogP contribution < -0.4 is 10.5 Å². The second-order valence-corrected chi connectivity index (χ2v) is 5.41. The van der Waals surface area contributed by atoms with Crippen LogP contribution in [0.3, 0.4) is 0 Å². The van der Waals surface area contributed by atoms with Crippen molar-refractivity contribution in [3.05, 3.63) is 63.9 Å². The zero-order chi connectivity index (χ0) is 15.4. The van der Waals surface area contributed by atoms with E-state index in [2.05, 4.69) is 20.7 Å². The molecule has 0 saturated heterocycles. The molecule has 0 aliphatic heterocycles. The summed E-state index contributed by atoms with van der Waals surface area (Å²) < 4.78 is 42.8. The summed E-state index contributed by atoms with van der Waals surface area (Å²) in [7, 11) is 0. The van der Waals surface area contributed by atoms with Crippen LogP contribution in [-0.4, -0.2) is 6.61 Å². The second-order valence-electron chi connectivity index (χ2n) is 4.49. The molecule has 0 saturated carbocycles. The van der Waals surface area contributed by atoms with Crippen LogP contribution in [0, 0.1) is 5.82 Å². The van der Waals surface area contributed by atoms with Crippen LogP contribution in [-0.2, 0) is 6.42 Å². The fraction of sp³-hybridized carbons (Fsp3) is 0.200. The maximum absolute atomic E-state index is 13.7. The van der Waals surface area contributed by atoms with Crippen molar-refractivity contribution in [1.82, 2.24) is 0 Å². The Hall–Kier alpha value is -1.53. The molecule has 0 spiro atoms. The molecule has 21 heavy (non-hydrogen) atoms. The minimum atomic E-state index is -2.86. The van der Waals surface area contributed by atoms with Gasteiger partial charge in [0.05, 0.1) is 0 Å². The highest BCUT2D eigenvalue weighted by atomic mass is 79.9. The lowest BCUT2D eigenvalue weighted by atomic mass is 9.99. The summed E-state index contributed by atoms with van der Waals surface area (Å²) in [6.07, 6.45) is 0.314. The Morgan fingerprint density at radius 3 is 2.33 bits per heavy atom. The van der Waals surface area contributed by atoms with E-state index in [-0.39, 0.29) is 11.6 Å². The number of ether oxygens (including phenoxy) is 1. The maximum Gasteiger partial charge on any atom is 0.387 e. The molecular formula is C15H13BrF3NO. The normalized spacial score (nSPS) is 12.5. The number of rotatable bonds is 5. The summed E-state index contributed by atoms with van der Waals surface area (Å²) >= 11 is 3.19. The van der Waals surface area contributed by atoms with Crippen LogP contribution in [0.4, 0.5) is 13.2 Å². The Balaban J connectivity index is 2.07. The zero-order valence-electron chi connectivity index (χ0n) is 10.9. The van der Waals surface area contributed by atoms with Gasteiger partial charge < -0.3 is 10.5 Å². The number of benzene rings is 2. The lowest BCUT2D eigenvalue weighted by molar-refractivity contribution is -0.0498. The summed E-state index contributed by atoms with van der Waals surface area (Å²) in [5.41, 5.74) is 7.24. The van der Waals surface area contributed by atoms with Gasteiger partial charge >= 0.3 is 6.61 Å². The van der Waals surface area contributed by atoms with Crippen LogP contribution in [0.1, 0.15) is 17.2 Å². The monoisotopic (exact) mass is 359 g/mol. The van der Waals surface area contributed by atoms with Crippen LogP contribution in [0.5, 0.6) is 5.75 Å². The summed E-state index contributed by atoms with van der Waals surface area (Å²) in [5.74, 6) is -0.270. The lowest BCUT2D eigenvalue weighted by Gasteiger charge is -2.14. The molecule has 0 aliphatic rings. The Bertz CT molecular complexity index is 604. The predicted molar refractivity (Wildman–Crippen MR) is 77.8 cm³/mol. The predicted octanol–water partition coefficient (Wildman–Crippen LogP) is 4.43. The lowest BCUT2D eigenvalue weighted by Crippen LogP contribution is -2.14. The highest BCUT2D eigenvalue weighted by molar-refractivity contribution is 9.10. The van der Waals surface area contributed by atoms with Gasteiger partial charge in [-0.05, 0) is 41.8 Å². The Kier molecular flexibility index (Phi) is 5.25. The molecule has 0 radical (unpaired) electrons. The maximum atomic E-state index is 13.7. The summed E-state index contributed by atoms with van der Waals surface area (Å²) in [6, 6.07) is 10.4. The smallest absolute Gasteiger partial charge is 0.387 e. The summed E-state index contributed by atoms with van der Waals surface area (Å²) in [4.78, 5) is 0. The Labute approximate surface area is 128 Å². The third-order valence-electron chi connectivity index (χ3n) is 2.99. The van der Waals surface area contributed by atoms with Crippen LogP contribution in [0.15, 0.2) is 46.9 Å². The number of hydrogen-bond acceptors (Lipinski definition) is 2. The standard InChI is InChI=1S/C15H13BrF3NO/c16-11-4-1-10(13(17)8-11)7-14(20)9-2-5-12(6-3-9)21-15(18)19/h1-6,8,14-15H,7,20H2. The van der Waals surface area contributed by atoms with E-state index in [4.69, 9.17) is 5.73 Å². The number of hydrogen-bond donors (Lipinski definition) is 1. The molecule has 1 atom stereocenters. The molecule has 0 bridgehead atoms. The molecule has 2 aromatic rings. The molecule has 0 amide bonds. The first kappa shape index (κ1) is 15.9. The van der Waals surface area contributed by atoms with Gasteiger partial charge in [0.15, 0.2) is 0 Å². The van der Waals surface area contributed by atoms with Crippen molar-refractivity contribution in [2.24, 2.45) is 5.73 Å². The van der Waals surface area contributed by atoms with E-state index in [0.717, 1.165) is 5.56 Å². The van der Waals surface area contributed by atoms with Gasteiger partial charge in [-0.1, -0.05) is 34.1 Å². The van der Waals surface area contributed by atoms with Crippen molar-refractivity contribution in [3.8, 4) is 5.75 Å². The Morgan fingerprint density at radius 1 is 1.10 bits per heavy atom. The molecule has 2 N–H and O–H groups in total. The fourth-order valence-corrected chi connectivity index (χ4v) is 2.27. The highest BCUT2D eigenvalue weighted by Crippen LogP contribution is 2.23. The average Bonchev–Trinajstić information content (AvgIpc) is 2.42. The second kappa shape index (κ2) is 6.95. The zero-order valence-corrected chi connectivity index (χ0v) is 12.5. The van der Waals surface area contributed by atoms with Crippen molar-refractivity contribution in [2.75, 3.05) is 0 Å². The topological polar surface area (TPSA) is 35.2 Å². The minimum Gasteiger partial charge on any atom is -0.435 e. The molecule has 0 aliphatic carbocycles. The molecule has 0 heterocycles. The van der Waals surface area contributed by atoms with Crippen LogP contribution in [0.25, 0.3) is 0 Å². The first-order chi connectivity index (χ1) is 9.95. The van der Waals surface area contributed by atoms with E-state index in [0.29, 0.717) is 16.5 Å². The van der Waals surface area contributed by atoms with Gasteiger partial charge in [-0.25, -0.2) is 4.39 Å². The van der Waals surface area contributed by atoms with E-state index < -0.39 is 12.7 Å². The third-order valence-corrected chi connectivity index (χ3v) is 3.48. The molecule has 2 nitrogen and oxygen atoms in total. The molecule has 0 fully saturated rings. The summed E-state index contributed by atoms with van der Waals surface area (Å²) in [6.45, 7) is -2.86. The van der Waals surface area contributed by atoms with Gasteiger partial charge in [0.1, 0.15) is 11.6 Å². The molecule has 2 rings (SSSR count). The van der Waals surface area contributed by atoms with Gasteiger partial charge in [-0.2, -0.15) is 8.78 Å². The average molecular weight is 360 g/mol. The van der Waals surface area contributed by atoms with E-state index in [1.54, 1.807) is 24.3 Å². The molecule has 0 aromatic heterocycles. The van der Waals surface area contributed by atoms with E-state index in [1.807, 2.05) is 0 Å². The van der Waals surface area contributed by atoms with Crippen molar-refractivity contribution in [1.29, 1.82) is 0 Å². The molecule has 2 aromatic carbocycles. The van der Waals surface area contributed by atoms with Crippen LogP contribution in [0.2, 0.25) is 0 Å². The summed E-state index contributed by atoms with van der Waals surface area (Å²) in [5, 5.41) is 0. The van der Waals surface area contributed by atoms with Crippen molar-refractivity contribution in [2.45, 2.75) is 19.1 Å². The first-order valence-corrected chi connectivity index (χ1v) is 6.99. The van der Waals surface area contributed by atoms with E-state index >= 15 is 0 Å². The number of alkyl halides is 2. The largest absolute Gasteiger partial charge is 0.435 e. The minimum absolute atomic E-state index is 0.0655.